The summed E-state index contributed by atoms with van der Waals surface area (Å²) in [6.45, 7) is 10.1. The second kappa shape index (κ2) is 11.1. The zero-order valence-electron chi connectivity index (χ0n) is 16.8. The van der Waals surface area contributed by atoms with E-state index in [9.17, 15) is 0 Å². The standard InChI is InChI=1S/C23H38N2O/c1-21-10-12-22(13-11-21)20-26-23(18-24-14-6-2-3-7-15-24)19-25-16-8-4-5-9-17-25/h10-13,23H,2-9,14-20H2,1H3. The molecule has 0 bridgehead atoms. The SMILES string of the molecule is Cc1ccc(COC(CN2CCCCCC2)CN2CCCCCC2)cc1. The number of hydrogen-bond donors (Lipinski definition) is 0. The van der Waals surface area contributed by atoms with Crippen molar-refractivity contribution in [3.63, 3.8) is 0 Å². The molecule has 3 heteroatoms. The summed E-state index contributed by atoms with van der Waals surface area (Å²) in [7, 11) is 0. The van der Waals surface area contributed by atoms with Crippen LogP contribution >= 0.6 is 0 Å². The van der Waals surface area contributed by atoms with E-state index in [2.05, 4.69) is 41.0 Å². The summed E-state index contributed by atoms with van der Waals surface area (Å²) >= 11 is 0. The van der Waals surface area contributed by atoms with Gasteiger partial charge in [0.2, 0.25) is 0 Å². The minimum Gasteiger partial charge on any atom is -0.371 e. The predicted octanol–water partition coefficient (Wildman–Crippen LogP) is 4.63. The van der Waals surface area contributed by atoms with Gasteiger partial charge in [0.1, 0.15) is 0 Å². The lowest BCUT2D eigenvalue weighted by Crippen LogP contribution is -2.42. The molecule has 0 radical (unpaired) electrons. The van der Waals surface area contributed by atoms with E-state index in [1.807, 2.05) is 0 Å². The molecule has 26 heavy (non-hydrogen) atoms. The van der Waals surface area contributed by atoms with E-state index in [4.69, 9.17) is 4.74 Å². The second-order valence-electron chi connectivity index (χ2n) is 8.35. The third kappa shape index (κ3) is 7.02. The lowest BCUT2D eigenvalue weighted by molar-refractivity contribution is -0.00516. The van der Waals surface area contributed by atoms with Crippen molar-refractivity contribution in [3.8, 4) is 0 Å². The summed E-state index contributed by atoms with van der Waals surface area (Å²) in [5, 5.41) is 0. The third-order valence-corrected chi connectivity index (χ3v) is 5.93. The van der Waals surface area contributed by atoms with E-state index in [-0.39, 0.29) is 0 Å². The molecule has 0 N–H and O–H groups in total. The molecule has 0 aromatic heterocycles. The first kappa shape index (κ1) is 19.9. The molecule has 2 fully saturated rings. The van der Waals surface area contributed by atoms with Gasteiger partial charge in [-0.1, -0.05) is 55.5 Å². The van der Waals surface area contributed by atoms with Crippen molar-refractivity contribution in [2.75, 3.05) is 39.3 Å². The van der Waals surface area contributed by atoms with Gasteiger partial charge in [-0.25, -0.2) is 0 Å². The minimum absolute atomic E-state index is 0.326. The van der Waals surface area contributed by atoms with Crippen LogP contribution in [0.5, 0.6) is 0 Å². The Morgan fingerprint density at radius 2 is 1.19 bits per heavy atom. The number of likely N-dealkylation sites (tertiary alicyclic amines) is 2. The van der Waals surface area contributed by atoms with Crippen LogP contribution in [-0.2, 0) is 11.3 Å². The van der Waals surface area contributed by atoms with Crippen LogP contribution in [0.3, 0.4) is 0 Å². The molecule has 2 aliphatic heterocycles. The molecule has 146 valence electrons. The zero-order chi connectivity index (χ0) is 18.0. The Hall–Kier alpha value is -0.900. The molecule has 2 saturated heterocycles. The van der Waals surface area contributed by atoms with Gasteiger partial charge in [-0.15, -0.1) is 0 Å². The lowest BCUT2D eigenvalue weighted by Gasteiger charge is -2.31. The van der Waals surface area contributed by atoms with Gasteiger partial charge in [0.15, 0.2) is 0 Å². The highest BCUT2D eigenvalue weighted by Crippen LogP contribution is 2.15. The van der Waals surface area contributed by atoms with Gasteiger partial charge in [-0.2, -0.15) is 0 Å². The molecule has 0 atom stereocenters. The van der Waals surface area contributed by atoms with Gasteiger partial charge in [-0.3, -0.25) is 0 Å². The number of benzene rings is 1. The molecule has 1 aromatic rings. The molecule has 2 heterocycles. The van der Waals surface area contributed by atoms with E-state index in [0.29, 0.717) is 6.10 Å². The Kier molecular flexibility index (Phi) is 8.44. The molecule has 0 saturated carbocycles. The van der Waals surface area contributed by atoms with Crippen molar-refractivity contribution in [2.24, 2.45) is 0 Å². The van der Waals surface area contributed by atoms with Crippen LogP contribution in [0.1, 0.15) is 62.5 Å². The van der Waals surface area contributed by atoms with Crippen molar-refractivity contribution in [1.82, 2.24) is 9.80 Å². The Bertz CT molecular complexity index is 463. The highest BCUT2D eigenvalue weighted by molar-refractivity contribution is 5.20. The average Bonchev–Trinajstić information content (AvgIpc) is 3.06. The smallest absolute Gasteiger partial charge is 0.0833 e. The number of nitrogens with zero attached hydrogens (tertiary/aromatic N) is 2. The summed E-state index contributed by atoms with van der Waals surface area (Å²) in [5.41, 5.74) is 2.62. The molecule has 0 amide bonds. The van der Waals surface area contributed by atoms with Gasteiger partial charge in [0.25, 0.3) is 0 Å². The van der Waals surface area contributed by atoms with E-state index in [1.165, 1.54) is 88.7 Å². The Labute approximate surface area is 160 Å². The molecule has 1 aromatic carbocycles. The van der Waals surface area contributed by atoms with Crippen molar-refractivity contribution in [3.05, 3.63) is 35.4 Å². The summed E-state index contributed by atoms with van der Waals surface area (Å²) < 4.78 is 6.47. The van der Waals surface area contributed by atoms with Crippen LogP contribution < -0.4 is 0 Å². The van der Waals surface area contributed by atoms with Crippen molar-refractivity contribution >= 4 is 0 Å². The van der Waals surface area contributed by atoms with E-state index >= 15 is 0 Å². The first-order valence-corrected chi connectivity index (χ1v) is 10.9. The fourth-order valence-corrected chi connectivity index (χ4v) is 4.27. The van der Waals surface area contributed by atoms with Gasteiger partial charge in [0, 0.05) is 13.1 Å². The zero-order valence-corrected chi connectivity index (χ0v) is 16.8. The van der Waals surface area contributed by atoms with Gasteiger partial charge in [-0.05, 0) is 64.3 Å². The highest BCUT2D eigenvalue weighted by atomic mass is 16.5. The monoisotopic (exact) mass is 358 g/mol. The minimum atomic E-state index is 0.326. The van der Waals surface area contributed by atoms with Crippen LogP contribution in [0.2, 0.25) is 0 Å². The first-order chi connectivity index (χ1) is 12.8. The Morgan fingerprint density at radius 1 is 0.731 bits per heavy atom. The number of hydrogen-bond acceptors (Lipinski definition) is 3. The summed E-state index contributed by atoms with van der Waals surface area (Å²) in [4.78, 5) is 5.31. The Morgan fingerprint density at radius 3 is 1.65 bits per heavy atom. The number of rotatable bonds is 7. The summed E-state index contributed by atoms with van der Waals surface area (Å²) in [6.07, 6.45) is 11.3. The number of aryl methyl sites for hydroxylation is 1. The van der Waals surface area contributed by atoms with Crippen LogP contribution in [-0.4, -0.2) is 55.2 Å². The molecule has 2 aliphatic rings. The fraction of sp³-hybridized carbons (Fsp3) is 0.739. The lowest BCUT2D eigenvalue weighted by atomic mass is 10.1. The highest BCUT2D eigenvalue weighted by Gasteiger charge is 2.20. The van der Waals surface area contributed by atoms with Crippen LogP contribution in [0, 0.1) is 6.92 Å². The van der Waals surface area contributed by atoms with Gasteiger partial charge >= 0.3 is 0 Å². The van der Waals surface area contributed by atoms with Crippen molar-refractivity contribution < 1.29 is 4.74 Å². The summed E-state index contributed by atoms with van der Waals surface area (Å²) in [5.74, 6) is 0. The Balaban J connectivity index is 1.56. The maximum Gasteiger partial charge on any atom is 0.0833 e. The maximum atomic E-state index is 6.47. The molecular weight excluding hydrogens is 320 g/mol. The molecule has 0 spiro atoms. The van der Waals surface area contributed by atoms with Crippen LogP contribution in [0.15, 0.2) is 24.3 Å². The van der Waals surface area contributed by atoms with E-state index < -0.39 is 0 Å². The summed E-state index contributed by atoms with van der Waals surface area (Å²) in [6, 6.07) is 8.81. The number of ether oxygens (including phenoxy) is 1. The van der Waals surface area contributed by atoms with Gasteiger partial charge in [0.05, 0.1) is 12.7 Å². The first-order valence-electron chi connectivity index (χ1n) is 10.9. The molecule has 0 aliphatic carbocycles. The van der Waals surface area contributed by atoms with Crippen LogP contribution in [0.25, 0.3) is 0 Å². The second-order valence-corrected chi connectivity index (χ2v) is 8.35. The largest absolute Gasteiger partial charge is 0.371 e. The van der Waals surface area contributed by atoms with Crippen molar-refractivity contribution in [1.29, 1.82) is 0 Å². The molecule has 3 nitrogen and oxygen atoms in total. The maximum absolute atomic E-state index is 6.47. The van der Waals surface area contributed by atoms with E-state index in [0.717, 1.165) is 19.7 Å². The molecular formula is C23H38N2O. The van der Waals surface area contributed by atoms with Gasteiger partial charge < -0.3 is 14.5 Å². The predicted molar refractivity (Wildman–Crippen MR) is 110 cm³/mol. The third-order valence-electron chi connectivity index (χ3n) is 5.93. The normalized spacial score (nSPS) is 20.8. The molecule has 3 rings (SSSR count). The quantitative estimate of drug-likeness (QED) is 0.706. The fourth-order valence-electron chi connectivity index (χ4n) is 4.27. The topological polar surface area (TPSA) is 15.7 Å². The average molecular weight is 359 g/mol. The van der Waals surface area contributed by atoms with Crippen LogP contribution in [0.4, 0.5) is 0 Å². The van der Waals surface area contributed by atoms with E-state index in [1.54, 1.807) is 0 Å². The molecule has 0 unspecified atom stereocenters. The van der Waals surface area contributed by atoms with Crippen molar-refractivity contribution in [2.45, 2.75) is 71.0 Å².